The average molecular weight is 708 g/mol. The highest BCUT2D eigenvalue weighted by molar-refractivity contribution is 5.99. The molecule has 0 N–H and O–H groups in total. The van der Waals surface area contributed by atoms with Crippen LogP contribution in [0.3, 0.4) is 0 Å². The molecule has 0 atom stereocenters. The lowest BCUT2D eigenvalue weighted by Gasteiger charge is -2.35. The van der Waals surface area contributed by atoms with Gasteiger partial charge < -0.3 is 4.90 Å². The Hall–Kier alpha value is -6.18. The van der Waals surface area contributed by atoms with Crippen LogP contribution in [0.1, 0.15) is 71.4 Å². The molecule has 0 bridgehead atoms. The Morgan fingerprint density at radius 2 is 1.07 bits per heavy atom. The molecular formula is C54H45N. The Kier molecular flexibility index (Phi) is 8.44. The summed E-state index contributed by atoms with van der Waals surface area (Å²) in [6.07, 6.45) is 6.60. The third-order valence-electron chi connectivity index (χ3n) is 12.4. The summed E-state index contributed by atoms with van der Waals surface area (Å²) in [6, 6.07) is 70.5. The minimum atomic E-state index is -0.489. The first-order valence-corrected chi connectivity index (χ1v) is 20.0. The quantitative estimate of drug-likeness (QED) is 0.159. The molecule has 0 unspecified atom stereocenters. The van der Waals surface area contributed by atoms with Gasteiger partial charge in [-0.2, -0.15) is 0 Å². The van der Waals surface area contributed by atoms with E-state index in [1.54, 1.807) is 0 Å². The number of aryl methyl sites for hydroxylation is 1. The van der Waals surface area contributed by atoms with E-state index in [0.717, 1.165) is 5.69 Å². The van der Waals surface area contributed by atoms with Gasteiger partial charge >= 0.3 is 0 Å². The lowest BCUT2D eigenvalue weighted by Crippen LogP contribution is -2.28. The fourth-order valence-corrected chi connectivity index (χ4v) is 9.87. The molecule has 1 saturated carbocycles. The van der Waals surface area contributed by atoms with E-state index in [1.165, 1.54) is 110 Å². The molecule has 8 aromatic carbocycles. The second-order valence-electron chi connectivity index (χ2n) is 15.6. The van der Waals surface area contributed by atoms with E-state index in [1.807, 2.05) is 0 Å². The second-order valence-corrected chi connectivity index (χ2v) is 15.6. The maximum absolute atomic E-state index is 2.52. The van der Waals surface area contributed by atoms with Crippen molar-refractivity contribution in [2.24, 2.45) is 0 Å². The van der Waals surface area contributed by atoms with Crippen molar-refractivity contribution in [1.82, 2.24) is 0 Å². The van der Waals surface area contributed by atoms with Crippen LogP contribution in [0.4, 0.5) is 17.1 Å². The number of benzene rings is 8. The zero-order chi connectivity index (χ0) is 36.8. The maximum Gasteiger partial charge on any atom is 0.0714 e. The van der Waals surface area contributed by atoms with E-state index in [4.69, 9.17) is 0 Å². The van der Waals surface area contributed by atoms with Crippen LogP contribution >= 0.6 is 0 Å². The van der Waals surface area contributed by atoms with Crippen LogP contribution in [-0.2, 0) is 5.41 Å². The lowest BCUT2D eigenvalue weighted by atomic mass is 9.67. The van der Waals surface area contributed by atoms with Crippen molar-refractivity contribution in [3.63, 3.8) is 0 Å². The third kappa shape index (κ3) is 5.61. The van der Waals surface area contributed by atoms with Gasteiger partial charge in [0.15, 0.2) is 0 Å². The standard InChI is InChI=1S/C54H45N/c1-38-17-16-28-50-53(38)48-34-33-47(37-51(48)54(50,44-24-10-4-11-25-44)45-26-12-5-13-27-45)55(46-31-29-40(30-32-46)39-18-6-2-7-19-39)52-36-43-23-15-14-22-42(43)35-49(52)41-20-8-3-9-21-41/h3-5,8-17,20-37,39H,2,6-7,18-19H2,1H3. The molecule has 0 spiro atoms. The fourth-order valence-electron chi connectivity index (χ4n) is 9.87. The highest BCUT2D eigenvalue weighted by Crippen LogP contribution is 2.58. The molecule has 10 rings (SSSR count). The highest BCUT2D eigenvalue weighted by Gasteiger charge is 2.47. The summed E-state index contributed by atoms with van der Waals surface area (Å²) in [7, 11) is 0. The molecule has 0 amide bonds. The van der Waals surface area contributed by atoms with Crippen LogP contribution < -0.4 is 4.90 Å². The number of nitrogens with zero attached hydrogens (tertiary/aromatic N) is 1. The van der Waals surface area contributed by atoms with E-state index in [-0.39, 0.29) is 0 Å². The van der Waals surface area contributed by atoms with E-state index < -0.39 is 5.41 Å². The first kappa shape index (κ1) is 33.4. The number of fused-ring (bicyclic) bond motifs is 4. The molecular weight excluding hydrogens is 663 g/mol. The Balaban J connectivity index is 1.26. The molecule has 55 heavy (non-hydrogen) atoms. The van der Waals surface area contributed by atoms with Gasteiger partial charge in [-0.15, -0.1) is 0 Å². The van der Waals surface area contributed by atoms with Crippen LogP contribution in [0.25, 0.3) is 33.0 Å². The topological polar surface area (TPSA) is 3.24 Å². The summed E-state index contributed by atoms with van der Waals surface area (Å²) in [5, 5.41) is 2.47. The fraction of sp³-hybridized carbons (Fsp3) is 0.148. The largest absolute Gasteiger partial charge is 0.310 e. The van der Waals surface area contributed by atoms with Crippen LogP contribution in [0.2, 0.25) is 0 Å². The smallest absolute Gasteiger partial charge is 0.0714 e. The van der Waals surface area contributed by atoms with Gasteiger partial charge in [-0.3, -0.25) is 0 Å². The van der Waals surface area contributed by atoms with Gasteiger partial charge in [0, 0.05) is 16.9 Å². The summed E-state index contributed by atoms with van der Waals surface area (Å²) in [6.45, 7) is 2.27. The molecule has 1 fully saturated rings. The van der Waals surface area contributed by atoms with Gasteiger partial charge in [-0.1, -0.05) is 171 Å². The van der Waals surface area contributed by atoms with Crippen molar-refractivity contribution in [1.29, 1.82) is 0 Å². The lowest BCUT2D eigenvalue weighted by molar-refractivity contribution is 0.443. The van der Waals surface area contributed by atoms with Crippen LogP contribution in [0.15, 0.2) is 188 Å². The molecule has 0 aliphatic heterocycles. The van der Waals surface area contributed by atoms with Crippen LogP contribution in [0, 0.1) is 6.92 Å². The van der Waals surface area contributed by atoms with Crippen molar-refractivity contribution in [2.75, 3.05) is 4.90 Å². The Morgan fingerprint density at radius 3 is 1.75 bits per heavy atom. The Bertz CT molecular complexity index is 2580. The molecule has 1 nitrogen and oxygen atoms in total. The maximum atomic E-state index is 2.52. The average Bonchev–Trinajstić information content (AvgIpc) is 3.56. The van der Waals surface area contributed by atoms with Crippen LogP contribution in [-0.4, -0.2) is 0 Å². The highest BCUT2D eigenvalue weighted by atomic mass is 15.1. The normalized spacial score (nSPS) is 14.7. The third-order valence-corrected chi connectivity index (χ3v) is 12.4. The molecule has 2 aliphatic carbocycles. The number of hydrogen-bond donors (Lipinski definition) is 0. The molecule has 0 heterocycles. The van der Waals surface area contributed by atoms with Gasteiger partial charge in [-0.25, -0.2) is 0 Å². The van der Waals surface area contributed by atoms with Gasteiger partial charge in [0.1, 0.15) is 0 Å². The molecule has 2 aliphatic rings. The van der Waals surface area contributed by atoms with E-state index in [2.05, 4.69) is 200 Å². The number of anilines is 3. The van der Waals surface area contributed by atoms with Gasteiger partial charge in [-0.05, 0) is 123 Å². The Morgan fingerprint density at radius 1 is 0.473 bits per heavy atom. The monoisotopic (exact) mass is 707 g/mol. The summed E-state index contributed by atoms with van der Waals surface area (Å²) in [5.74, 6) is 0.649. The van der Waals surface area contributed by atoms with Crippen LogP contribution in [0.5, 0.6) is 0 Å². The second kappa shape index (κ2) is 13.9. The Labute approximate surface area is 325 Å². The zero-order valence-electron chi connectivity index (χ0n) is 31.5. The SMILES string of the molecule is Cc1cccc2c1-c1ccc(N(c3ccc(C4CCCCC4)cc3)c3cc4ccccc4cc3-c3ccccc3)cc1C2(c1ccccc1)c1ccccc1. The predicted octanol–water partition coefficient (Wildman–Crippen LogP) is 14.7. The van der Waals surface area contributed by atoms with E-state index in [9.17, 15) is 0 Å². The summed E-state index contributed by atoms with van der Waals surface area (Å²) < 4.78 is 0. The van der Waals surface area contributed by atoms with Crippen molar-refractivity contribution >= 4 is 27.8 Å². The molecule has 0 radical (unpaired) electrons. The first-order valence-electron chi connectivity index (χ1n) is 20.0. The summed E-state index contributed by atoms with van der Waals surface area (Å²) in [4.78, 5) is 2.52. The van der Waals surface area contributed by atoms with Crippen molar-refractivity contribution < 1.29 is 0 Å². The molecule has 0 aromatic heterocycles. The zero-order valence-corrected chi connectivity index (χ0v) is 31.5. The molecule has 1 heteroatoms. The first-order chi connectivity index (χ1) is 27.2. The van der Waals surface area contributed by atoms with Gasteiger partial charge in [0.25, 0.3) is 0 Å². The van der Waals surface area contributed by atoms with E-state index in [0.29, 0.717) is 5.92 Å². The predicted molar refractivity (Wildman–Crippen MR) is 232 cm³/mol. The number of hydrogen-bond acceptors (Lipinski definition) is 1. The molecule has 266 valence electrons. The van der Waals surface area contributed by atoms with Crippen molar-refractivity contribution in [3.05, 3.63) is 221 Å². The molecule has 8 aromatic rings. The van der Waals surface area contributed by atoms with Crippen molar-refractivity contribution in [3.8, 4) is 22.3 Å². The molecule has 0 saturated heterocycles. The minimum Gasteiger partial charge on any atom is -0.310 e. The van der Waals surface area contributed by atoms with Crippen molar-refractivity contribution in [2.45, 2.75) is 50.4 Å². The number of rotatable bonds is 7. The van der Waals surface area contributed by atoms with Gasteiger partial charge in [0.05, 0.1) is 11.1 Å². The summed E-state index contributed by atoms with van der Waals surface area (Å²) in [5.41, 5.74) is 16.1. The summed E-state index contributed by atoms with van der Waals surface area (Å²) >= 11 is 0. The minimum absolute atomic E-state index is 0.489. The van der Waals surface area contributed by atoms with Gasteiger partial charge in [0.2, 0.25) is 0 Å². The van der Waals surface area contributed by atoms with E-state index >= 15 is 0 Å².